The molecule has 0 saturated carbocycles. The largest absolute Gasteiger partial charge is 0.370 e. The second kappa shape index (κ2) is 7.10. The summed E-state index contributed by atoms with van der Waals surface area (Å²) in [6, 6.07) is 7.48. The fourth-order valence-electron chi connectivity index (χ4n) is 1.91. The van der Waals surface area contributed by atoms with Crippen molar-refractivity contribution in [3.05, 3.63) is 40.1 Å². The second-order valence-corrected chi connectivity index (χ2v) is 5.96. The lowest BCUT2D eigenvalue weighted by Crippen LogP contribution is -2.07. The van der Waals surface area contributed by atoms with Crippen LogP contribution in [0.4, 0.5) is 5.82 Å². The lowest BCUT2D eigenvalue weighted by molar-refractivity contribution is 0.775. The first-order valence-corrected chi connectivity index (χ1v) is 7.85. The molecule has 3 nitrogen and oxygen atoms in total. The van der Waals surface area contributed by atoms with E-state index >= 15 is 0 Å². The third-order valence-corrected chi connectivity index (χ3v) is 3.86. The van der Waals surface area contributed by atoms with Crippen molar-refractivity contribution in [3.63, 3.8) is 0 Å². The highest BCUT2D eigenvalue weighted by Crippen LogP contribution is 2.33. The summed E-state index contributed by atoms with van der Waals surface area (Å²) < 4.78 is 0. The number of halogens is 2. The molecule has 1 N–H and O–H groups in total. The number of hydrogen-bond donors (Lipinski definition) is 1. The maximum Gasteiger partial charge on any atom is 0.133 e. The molecule has 1 aromatic carbocycles. The van der Waals surface area contributed by atoms with Crippen LogP contribution in [0.3, 0.4) is 0 Å². The monoisotopic (exact) mass is 323 g/mol. The Balaban J connectivity index is 2.51. The third-order valence-electron chi connectivity index (χ3n) is 3.04. The van der Waals surface area contributed by atoms with Crippen LogP contribution in [0.25, 0.3) is 11.3 Å². The smallest absolute Gasteiger partial charge is 0.133 e. The van der Waals surface area contributed by atoms with E-state index < -0.39 is 0 Å². The van der Waals surface area contributed by atoms with Crippen molar-refractivity contribution in [2.75, 3.05) is 11.9 Å². The van der Waals surface area contributed by atoms with E-state index in [-0.39, 0.29) is 5.92 Å². The van der Waals surface area contributed by atoms with E-state index in [2.05, 4.69) is 36.1 Å². The zero-order valence-corrected chi connectivity index (χ0v) is 14.0. The molecule has 1 aromatic heterocycles. The van der Waals surface area contributed by atoms with Gasteiger partial charge in [0.1, 0.15) is 11.6 Å². The van der Waals surface area contributed by atoms with Gasteiger partial charge in [-0.1, -0.05) is 56.1 Å². The van der Waals surface area contributed by atoms with Gasteiger partial charge in [0, 0.05) is 24.1 Å². The van der Waals surface area contributed by atoms with E-state index in [1.165, 1.54) is 0 Å². The lowest BCUT2D eigenvalue weighted by Gasteiger charge is -2.12. The fraction of sp³-hybridized carbons (Fsp3) is 0.375. The molecule has 0 radical (unpaired) electrons. The van der Waals surface area contributed by atoms with E-state index in [1.54, 1.807) is 6.07 Å². The molecule has 2 aromatic rings. The second-order valence-electron chi connectivity index (χ2n) is 5.18. The molecule has 0 amide bonds. The molecular formula is C16H19Cl2N3. The Morgan fingerprint density at radius 3 is 2.62 bits per heavy atom. The molecule has 5 heteroatoms. The number of rotatable bonds is 5. The van der Waals surface area contributed by atoms with Gasteiger partial charge < -0.3 is 5.32 Å². The molecule has 0 unspecified atom stereocenters. The summed E-state index contributed by atoms with van der Waals surface area (Å²) in [4.78, 5) is 9.17. The Morgan fingerprint density at radius 1 is 1.19 bits per heavy atom. The molecule has 0 aliphatic heterocycles. The molecule has 0 spiro atoms. The van der Waals surface area contributed by atoms with Gasteiger partial charge in [0.15, 0.2) is 0 Å². The van der Waals surface area contributed by atoms with Crippen LogP contribution in [0.2, 0.25) is 10.0 Å². The van der Waals surface area contributed by atoms with E-state index in [9.17, 15) is 0 Å². The van der Waals surface area contributed by atoms with Gasteiger partial charge in [-0.15, -0.1) is 0 Å². The summed E-state index contributed by atoms with van der Waals surface area (Å²) in [5.41, 5.74) is 1.62. The van der Waals surface area contributed by atoms with Gasteiger partial charge in [0.25, 0.3) is 0 Å². The van der Waals surface area contributed by atoms with Gasteiger partial charge >= 0.3 is 0 Å². The molecule has 0 aliphatic rings. The Bertz CT molecular complexity index is 627. The average molecular weight is 324 g/mol. The first-order chi connectivity index (χ1) is 10.0. The Kier molecular flexibility index (Phi) is 5.43. The van der Waals surface area contributed by atoms with Crippen molar-refractivity contribution in [3.8, 4) is 11.3 Å². The lowest BCUT2D eigenvalue weighted by atomic mass is 10.1. The predicted molar refractivity (Wildman–Crippen MR) is 90.4 cm³/mol. The molecule has 112 valence electrons. The Hall–Kier alpha value is -1.32. The first-order valence-electron chi connectivity index (χ1n) is 7.10. The van der Waals surface area contributed by atoms with Crippen molar-refractivity contribution >= 4 is 29.0 Å². The average Bonchev–Trinajstić information content (AvgIpc) is 2.47. The van der Waals surface area contributed by atoms with Gasteiger partial charge in [-0.25, -0.2) is 9.97 Å². The van der Waals surface area contributed by atoms with E-state index in [0.29, 0.717) is 10.0 Å². The Labute approximate surface area is 135 Å². The number of nitrogens with one attached hydrogen (secondary N) is 1. The number of nitrogens with zero attached hydrogens (tertiary/aromatic N) is 2. The molecule has 0 atom stereocenters. The summed E-state index contributed by atoms with van der Waals surface area (Å²) in [5.74, 6) is 1.86. The van der Waals surface area contributed by atoms with Crippen LogP contribution in [0.15, 0.2) is 24.3 Å². The molecular weight excluding hydrogens is 305 g/mol. The van der Waals surface area contributed by atoms with Crippen molar-refractivity contribution in [1.82, 2.24) is 9.97 Å². The zero-order valence-electron chi connectivity index (χ0n) is 12.5. The molecule has 21 heavy (non-hydrogen) atoms. The van der Waals surface area contributed by atoms with E-state index in [1.807, 2.05) is 18.2 Å². The van der Waals surface area contributed by atoms with Gasteiger partial charge in [-0.2, -0.15) is 0 Å². The molecule has 2 rings (SSSR count). The number of hydrogen-bond acceptors (Lipinski definition) is 3. The SMILES string of the molecule is CCCNc1cc(-c2cccc(Cl)c2Cl)nc(C(C)C)n1. The molecule has 0 bridgehead atoms. The number of anilines is 1. The highest BCUT2D eigenvalue weighted by Gasteiger charge is 2.13. The van der Waals surface area contributed by atoms with Crippen LogP contribution in [0.5, 0.6) is 0 Å². The van der Waals surface area contributed by atoms with Crippen LogP contribution in [0, 0.1) is 0 Å². The topological polar surface area (TPSA) is 37.8 Å². The summed E-state index contributed by atoms with van der Waals surface area (Å²) in [6.07, 6.45) is 1.04. The maximum absolute atomic E-state index is 6.30. The summed E-state index contributed by atoms with van der Waals surface area (Å²) in [5, 5.41) is 4.36. The summed E-state index contributed by atoms with van der Waals surface area (Å²) in [6.45, 7) is 7.13. The highest BCUT2D eigenvalue weighted by atomic mass is 35.5. The predicted octanol–water partition coefficient (Wildman–Crippen LogP) is 5.40. The molecule has 1 heterocycles. The minimum Gasteiger partial charge on any atom is -0.370 e. The summed E-state index contributed by atoms with van der Waals surface area (Å²) in [7, 11) is 0. The van der Waals surface area contributed by atoms with Crippen molar-refractivity contribution in [2.24, 2.45) is 0 Å². The van der Waals surface area contributed by atoms with Crippen LogP contribution in [0.1, 0.15) is 38.9 Å². The minimum atomic E-state index is 0.241. The number of benzene rings is 1. The van der Waals surface area contributed by atoms with E-state index in [0.717, 1.165) is 35.9 Å². The van der Waals surface area contributed by atoms with Crippen LogP contribution < -0.4 is 5.32 Å². The Morgan fingerprint density at radius 2 is 1.95 bits per heavy atom. The molecule has 0 fully saturated rings. The van der Waals surface area contributed by atoms with Crippen LogP contribution in [-0.4, -0.2) is 16.5 Å². The minimum absolute atomic E-state index is 0.241. The third kappa shape index (κ3) is 3.86. The number of aromatic nitrogens is 2. The first kappa shape index (κ1) is 16.1. The van der Waals surface area contributed by atoms with E-state index in [4.69, 9.17) is 23.2 Å². The van der Waals surface area contributed by atoms with Crippen molar-refractivity contribution in [1.29, 1.82) is 0 Å². The quantitative estimate of drug-likeness (QED) is 0.800. The van der Waals surface area contributed by atoms with Gasteiger partial charge in [-0.05, 0) is 12.5 Å². The standard InChI is InChI=1S/C16H19Cl2N3/c1-4-8-19-14-9-13(20-16(21-14)10(2)3)11-6-5-7-12(17)15(11)18/h5-7,9-10H,4,8H2,1-3H3,(H,19,20,21). The normalized spacial score (nSPS) is 11.0. The zero-order chi connectivity index (χ0) is 15.4. The van der Waals surface area contributed by atoms with Crippen LogP contribution >= 0.6 is 23.2 Å². The highest BCUT2D eigenvalue weighted by molar-refractivity contribution is 6.43. The van der Waals surface area contributed by atoms with Crippen molar-refractivity contribution in [2.45, 2.75) is 33.1 Å². The van der Waals surface area contributed by atoms with Gasteiger partial charge in [0.05, 0.1) is 15.7 Å². The molecule has 0 saturated heterocycles. The van der Waals surface area contributed by atoms with Gasteiger partial charge in [0.2, 0.25) is 0 Å². The van der Waals surface area contributed by atoms with Gasteiger partial charge in [-0.3, -0.25) is 0 Å². The fourth-order valence-corrected chi connectivity index (χ4v) is 2.30. The van der Waals surface area contributed by atoms with Crippen LogP contribution in [-0.2, 0) is 0 Å². The maximum atomic E-state index is 6.30. The molecule has 0 aliphatic carbocycles. The van der Waals surface area contributed by atoms with Crippen molar-refractivity contribution < 1.29 is 0 Å². The summed E-state index contributed by atoms with van der Waals surface area (Å²) >= 11 is 12.4.